The van der Waals surface area contributed by atoms with Gasteiger partial charge in [0.05, 0.1) is 22.9 Å². The van der Waals surface area contributed by atoms with Crippen molar-refractivity contribution >= 4 is 23.2 Å². The van der Waals surface area contributed by atoms with Gasteiger partial charge in [-0.05, 0) is 80.4 Å². The molecule has 0 aliphatic rings. The van der Waals surface area contributed by atoms with Crippen LogP contribution in [0.25, 0.3) is 0 Å². The highest BCUT2D eigenvalue weighted by molar-refractivity contribution is 6.34. The molecule has 8 heteroatoms. The minimum atomic E-state index is -4.55. The maximum atomic E-state index is 13.0. The molecule has 3 rings (SSSR count). The standard InChI is InChI=1S/C25H23ClF3NO3/c1-4-32-23-8-5-17(12-18(23)14-33-20-10-15(2)9-16(3)11-20)24(31)30-22-13-19(25(27,28)29)6-7-21(22)26/h5-13H,4,14H2,1-3H3,(H,30,31). The van der Waals surface area contributed by atoms with E-state index in [0.29, 0.717) is 23.7 Å². The number of nitrogens with one attached hydrogen (secondary N) is 1. The Balaban J connectivity index is 1.84. The summed E-state index contributed by atoms with van der Waals surface area (Å²) in [5.41, 5.74) is 1.93. The SMILES string of the molecule is CCOc1ccc(C(=O)Nc2cc(C(F)(F)F)ccc2Cl)cc1COc1cc(C)cc(C)c1. The Bertz CT molecular complexity index is 1140. The average Bonchev–Trinajstić information content (AvgIpc) is 2.73. The fourth-order valence-corrected chi connectivity index (χ4v) is 3.46. The molecule has 0 aliphatic heterocycles. The molecule has 0 saturated heterocycles. The van der Waals surface area contributed by atoms with Gasteiger partial charge in [-0.15, -0.1) is 0 Å². The van der Waals surface area contributed by atoms with Gasteiger partial charge >= 0.3 is 6.18 Å². The van der Waals surface area contributed by atoms with Crippen molar-refractivity contribution in [2.24, 2.45) is 0 Å². The van der Waals surface area contributed by atoms with Crippen LogP contribution < -0.4 is 14.8 Å². The van der Waals surface area contributed by atoms with E-state index in [2.05, 4.69) is 5.32 Å². The Hall–Kier alpha value is -3.19. The lowest BCUT2D eigenvalue weighted by molar-refractivity contribution is -0.137. The Labute approximate surface area is 195 Å². The van der Waals surface area contributed by atoms with Gasteiger partial charge in [-0.2, -0.15) is 13.2 Å². The molecular formula is C25H23ClF3NO3. The van der Waals surface area contributed by atoms with Crippen LogP contribution in [0, 0.1) is 13.8 Å². The van der Waals surface area contributed by atoms with Crippen molar-refractivity contribution in [3.63, 3.8) is 0 Å². The van der Waals surface area contributed by atoms with E-state index >= 15 is 0 Å². The highest BCUT2D eigenvalue weighted by atomic mass is 35.5. The van der Waals surface area contributed by atoms with E-state index in [-0.39, 0.29) is 22.9 Å². The zero-order valence-electron chi connectivity index (χ0n) is 18.3. The van der Waals surface area contributed by atoms with Gasteiger partial charge in [0.25, 0.3) is 5.91 Å². The number of hydrogen-bond acceptors (Lipinski definition) is 3. The van der Waals surface area contributed by atoms with Gasteiger partial charge < -0.3 is 14.8 Å². The zero-order valence-corrected chi connectivity index (χ0v) is 19.1. The molecule has 174 valence electrons. The maximum absolute atomic E-state index is 13.0. The number of benzene rings is 3. The number of rotatable bonds is 7. The second-order valence-electron chi connectivity index (χ2n) is 7.51. The van der Waals surface area contributed by atoms with E-state index in [4.69, 9.17) is 21.1 Å². The first-order chi connectivity index (χ1) is 15.6. The van der Waals surface area contributed by atoms with E-state index in [0.717, 1.165) is 29.3 Å². The van der Waals surface area contributed by atoms with E-state index in [9.17, 15) is 18.0 Å². The second-order valence-corrected chi connectivity index (χ2v) is 7.92. The highest BCUT2D eigenvalue weighted by Crippen LogP contribution is 2.34. The van der Waals surface area contributed by atoms with Gasteiger partial charge in [0.15, 0.2) is 0 Å². The van der Waals surface area contributed by atoms with Crippen molar-refractivity contribution in [1.82, 2.24) is 0 Å². The molecule has 0 unspecified atom stereocenters. The predicted octanol–water partition coefficient (Wildman–Crippen LogP) is 7.21. The summed E-state index contributed by atoms with van der Waals surface area (Å²) in [6.45, 7) is 6.33. The largest absolute Gasteiger partial charge is 0.493 e. The Morgan fingerprint density at radius 2 is 1.67 bits per heavy atom. The van der Waals surface area contributed by atoms with Crippen molar-refractivity contribution < 1.29 is 27.4 Å². The van der Waals surface area contributed by atoms with E-state index in [1.54, 1.807) is 12.1 Å². The first kappa shape index (κ1) is 24.5. The Morgan fingerprint density at radius 1 is 0.970 bits per heavy atom. The highest BCUT2D eigenvalue weighted by Gasteiger charge is 2.31. The third-order valence-electron chi connectivity index (χ3n) is 4.75. The molecule has 1 amide bonds. The first-order valence-corrected chi connectivity index (χ1v) is 10.6. The van der Waals surface area contributed by atoms with Gasteiger partial charge in [0.1, 0.15) is 18.1 Å². The molecule has 0 bridgehead atoms. The second kappa shape index (κ2) is 10.2. The molecule has 1 N–H and O–H groups in total. The monoisotopic (exact) mass is 477 g/mol. The van der Waals surface area contributed by atoms with Gasteiger partial charge in [-0.1, -0.05) is 17.7 Å². The van der Waals surface area contributed by atoms with Crippen LogP contribution in [0.4, 0.5) is 18.9 Å². The molecule has 0 spiro atoms. The lowest BCUT2D eigenvalue weighted by Crippen LogP contribution is -2.14. The number of anilines is 1. The van der Waals surface area contributed by atoms with Crippen LogP contribution >= 0.6 is 11.6 Å². The average molecular weight is 478 g/mol. The normalized spacial score (nSPS) is 11.2. The zero-order chi connectivity index (χ0) is 24.2. The molecule has 0 fully saturated rings. The van der Waals surface area contributed by atoms with Crippen LogP contribution in [0.5, 0.6) is 11.5 Å². The van der Waals surface area contributed by atoms with Gasteiger partial charge in [0, 0.05) is 11.1 Å². The summed E-state index contributed by atoms with van der Waals surface area (Å²) in [4.78, 5) is 12.8. The molecule has 0 aromatic heterocycles. The molecule has 33 heavy (non-hydrogen) atoms. The summed E-state index contributed by atoms with van der Waals surface area (Å²) in [7, 11) is 0. The molecule has 0 aliphatic carbocycles. The molecule has 3 aromatic rings. The summed E-state index contributed by atoms with van der Waals surface area (Å²) in [5.74, 6) is 0.628. The number of ether oxygens (including phenoxy) is 2. The molecule has 0 heterocycles. The van der Waals surface area contributed by atoms with Gasteiger partial charge in [-0.25, -0.2) is 0 Å². The molecule has 0 radical (unpaired) electrons. The van der Waals surface area contributed by atoms with E-state index in [1.807, 2.05) is 39.0 Å². The number of alkyl halides is 3. The number of carbonyl (C=O) groups is 1. The van der Waals surface area contributed by atoms with Crippen LogP contribution in [0.15, 0.2) is 54.6 Å². The molecule has 0 atom stereocenters. The summed E-state index contributed by atoms with van der Waals surface area (Å²) in [5, 5.41) is 2.45. The summed E-state index contributed by atoms with van der Waals surface area (Å²) in [6, 6.07) is 13.3. The maximum Gasteiger partial charge on any atom is 0.416 e. The number of halogens is 4. The minimum Gasteiger partial charge on any atom is -0.493 e. The summed E-state index contributed by atoms with van der Waals surface area (Å²) >= 11 is 6.00. The number of aryl methyl sites for hydroxylation is 2. The van der Waals surface area contributed by atoms with Crippen molar-refractivity contribution in [2.45, 2.75) is 33.6 Å². The number of amides is 1. The third kappa shape index (κ3) is 6.42. The number of carbonyl (C=O) groups excluding carboxylic acids is 1. The van der Waals surface area contributed by atoms with Crippen LogP contribution in [0.3, 0.4) is 0 Å². The van der Waals surface area contributed by atoms with Crippen molar-refractivity contribution in [3.8, 4) is 11.5 Å². The third-order valence-corrected chi connectivity index (χ3v) is 5.08. The minimum absolute atomic E-state index is 0.000612. The predicted molar refractivity (Wildman–Crippen MR) is 122 cm³/mol. The number of hydrogen-bond donors (Lipinski definition) is 1. The van der Waals surface area contributed by atoms with Crippen LogP contribution in [0.1, 0.15) is 39.5 Å². The lowest BCUT2D eigenvalue weighted by atomic mass is 10.1. The van der Waals surface area contributed by atoms with E-state index in [1.165, 1.54) is 6.07 Å². The Kier molecular flexibility index (Phi) is 7.53. The fraction of sp³-hybridized carbons (Fsp3) is 0.240. The molecule has 4 nitrogen and oxygen atoms in total. The lowest BCUT2D eigenvalue weighted by Gasteiger charge is -2.15. The Morgan fingerprint density at radius 3 is 2.30 bits per heavy atom. The summed E-state index contributed by atoms with van der Waals surface area (Å²) < 4.78 is 50.6. The topological polar surface area (TPSA) is 47.6 Å². The molecule has 3 aromatic carbocycles. The first-order valence-electron chi connectivity index (χ1n) is 10.2. The van der Waals surface area contributed by atoms with Gasteiger partial charge in [0.2, 0.25) is 0 Å². The summed E-state index contributed by atoms with van der Waals surface area (Å²) in [6.07, 6.45) is -4.55. The van der Waals surface area contributed by atoms with Crippen molar-refractivity contribution in [3.05, 3.63) is 87.4 Å². The fourth-order valence-electron chi connectivity index (χ4n) is 3.30. The van der Waals surface area contributed by atoms with Gasteiger partial charge in [-0.3, -0.25) is 4.79 Å². The van der Waals surface area contributed by atoms with Crippen LogP contribution in [-0.2, 0) is 12.8 Å². The van der Waals surface area contributed by atoms with Crippen LogP contribution in [-0.4, -0.2) is 12.5 Å². The van der Waals surface area contributed by atoms with Crippen LogP contribution in [0.2, 0.25) is 5.02 Å². The van der Waals surface area contributed by atoms with Crippen molar-refractivity contribution in [1.29, 1.82) is 0 Å². The molecule has 0 saturated carbocycles. The van der Waals surface area contributed by atoms with Crippen molar-refractivity contribution in [2.75, 3.05) is 11.9 Å². The smallest absolute Gasteiger partial charge is 0.416 e. The van der Waals surface area contributed by atoms with E-state index < -0.39 is 17.6 Å². The quantitative estimate of drug-likeness (QED) is 0.391. The molecular weight excluding hydrogens is 455 g/mol.